The molecular formula is C12H20ClN3. The van der Waals surface area contributed by atoms with Crippen LogP contribution < -0.4 is 5.32 Å². The van der Waals surface area contributed by atoms with Gasteiger partial charge in [-0.1, -0.05) is 38.8 Å². The van der Waals surface area contributed by atoms with E-state index in [1.807, 2.05) is 0 Å². The molecule has 16 heavy (non-hydrogen) atoms. The summed E-state index contributed by atoms with van der Waals surface area (Å²) in [6.07, 6.45) is 2.28. The Balaban J connectivity index is 2.80. The Morgan fingerprint density at radius 3 is 2.56 bits per heavy atom. The zero-order chi connectivity index (χ0) is 12.1. The van der Waals surface area contributed by atoms with E-state index in [1.54, 1.807) is 6.07 Å². The molecule has 0 aromatic carbocycles. The van der Waals surface area contributed by atoms with Gasteiger partial charge in [-0.15, -0.1) is 0 Å². The zero-order valence-electron chi connectivity index (χ0n) is 10.4. The molecule has 1 aromatic rings. The van der Waals surface area contributed by atoms with Crippen molar-refractivity contribution in [2.75, 3.05) is 5.32 Å². The van der Waals surface area contributed by atoms with E-state index in [9.17, 15) is 0 Å². The molecule has 4 heteroatoms. The topological polar surface area (TPSA) is 37.8 Å². The predicted molar refractivity (Wildman–Crippen MR) is 69.1 cm³/mol. The molecule has 90 valence electrons. The second-order valence-corrected chi connectivity index (χ2v) is 4.81. The highest BCUT2D eigenvalue weighted by Gasteiger charge is 2.08. The first-order valence-corrected chi connectivity index (χ1v) is 6.21. The molecule has 1 atom stereocenters. The summed E-state index contributed by atoms with van der Waals surface area (Å²) in [5.41, 5.74) is 0. The van der Waals surface area contributed by atoms with Crippen LogP contribution in [0.15, 0.2) is 6.07 Å². The first-order chi connectivity index (χ1) is 7.52. The lowest BCUT2D eigenvalue weighted by molar-refractivity contribution is 0.683. The fourth-order valence-corrected chi connectivity index (χ4v) is 1.71. The minimum atomic E-state index is 0.292. The van der Waals surface area contributed by atoms with Crippen LogP contribution in [0.4, 0.5) is 5.82 Å². The summed E-state index contributed by atoms with van der Waals surface area (Å²) in [7, 11) is 0. The largest absolute Gasteiger partial charge is 0.367 e. The zero-order valence-corrected chi connectivity index (χ0v) is 11.2. The lowest BCUT2D eigenvalue weighted by Crippen LogP contribution is -2.16. The number of aromatic nitrogens is 2. The smallest absolute Gasteiger partial charge is 0.135 e. The van der Waals surface area contributed by atoms with Gasteiger partial charge in [0.1, 0.15) is 16.8 Å². The molecule has 0 radical (unpaired) electrons. The van der Waals surface area contributed by atoms with Gasteiger partial charge in [-0.05, 0) is 13.3 Å². The van der Waals surface area contributed by atoms with Crippen molar-refractivity contribution in [2.24, 2.45) is 0 Å². The predicted octanol–water partition coefficient (Wildman–Crippen LogP) is 3.85. The van der Waals surface area contributed by atoms with Gasteiger partial charge in [-0.25, -0.2) is 9.97 Å². The highest BCUT2D eigenvalue weighted by molar-refractivity contribution is 6.29. The van der Waals surface area contributed by atoms with Gasteiger partial charge in [0.15, 0.2) is 0 Å². The minimum absolute atomic E-state index is 0.292. The molecule has 1 heterocycles. The first kappa shape index (κ1) is 13.2. The van der Waals surface area contributed by atoms with E-state index in [0.29, 0.717) is 17.1 Å². The summed E-state index contributed by atoms with van der Waals surface area (Å²) >= 11 is 5.96. The van der Waals surface area contributed by atoms with Crippen molar-refractivity contribution in [3.05, 3.63) is 17.0 Å². The van der Waals surface area contributed by atoms with Crippen LogP contribution in [0, 0.1) is 0 Å². The minimum Gasteiger partial charge on any atom is -0.367 e. The number of rotatable bonds is 5. The Morgan fingerprint density at radius 1 is 1.31 bits per heavy atom. The van der Waals surface area contributed by atoms with Crippen LogP contribution in [0.1, 0.15) is 52.3 Å². The maximum Gasteiger partial charge on any atom is 0.135 e. The Morgan fingerprint density at radius 2 is 2.00 bits per heavy atom. The van der Waals surface area contributed by atoms with Crippen molar-refractivity contribution in [2.45, 2.75) is 52.5 Å². The van der Waals surface area contributed by atoms with E-state index in [4.69, 9.17) is 11.6 Å². The molecular weight excluding hydrogens is 222 g/mol. The molecule has 0 spiro atoms. The van der Waals surface area contributed by atoms with Crippen LogP contribution >= 0.6 is 11.6 Å². The van der Waals surface area contributed by atoms with Crippen LogP contribution in [0.5, 0.6) is 0 Å². The van der Waals surface area contributed by atoms with Gasteiger partial charge in [0.05, 0.1) is 0 Å². The SMILES string of the molecule is CCCC(C)Nc1cc(Cl)nc(C(C)C)n1. The van der Waals surface area contributed by atoms with Crippen molar-refractivity contribution in [1.82, 2.24) is 9.97 Å². The Labute approximate surface area is 103 Å². The molecule has 0 saturated heterocycles. The quantitative estimate of drug-likeness (QED) is 0.796. The lowest BCUT2D eigenvalue weighted by atomic mass is 10.2. The molecule has 0 aliphatic rings. The summed E-state index contributed by atoms with van der Waals surface area (Å²) in [6.45, 7) is 8.44. The molecule has 1 aromatic heterocycles. The number of halogens is 1. The summed E-state index contributed by atoms with van der Waals surface area (Å²) in [4.78, 5) is 8.65. The molecule has 0 aliphatic heterocycles. The van der Waals surface area contributed by atoms with E-state index >= 15 is 0 Å². The molecule has 0 aliphatic carbocycles. The van der Waals surface area contributed by atoms with Gasteiger partial charge in [-0.3, -0.25) is 0 Å². The van der Waals surface area contributed by atoms with Crippen molar-refractivity contribution in [3.63, 3.8) is 0 Å². The van der Waals surface area contributed by atoms with Gasteiger partial charge in [0.25, 0.3) is 0 Å². The first-order valence-electron chi connectivity index (χ1n) is 5.84. The number of nitrogens with one attached hydrogen (secondary N) is 1. The highest BCUT2D eigenvalue weighted by atomic mass is 35.5. The van der Waals surface area contributed by atoms with Crippen molar-refractivity contribution in [3.8, 4) is 0 Å². The van der Waals surface area contributed by atoms with Gasteiger partial charge >= 0.3 is 0 Å². The fraction of sp³-hybridized carbons (Fsp3) is 0.667. The van der Waals surface area contributed by atoms with Crippen LogP contribution in [-0.2, 0) is 0 Å². The van der Waals surface area contributed by atoms with Crippen LogP contribution in [-0.4, -0.2) is 16.0 Å². The Kier molecular flexibility index (Phi) is 5.00. The molecule has 0 saturated carbocycles. The standard InChI is InChI=1S/C12H20ClN3/c1-5-6-9(4)14-11-7-10(13)15-12(16-11)8(2)3/h7-9H,5-6H2,1-4H3,(H,14,15,16). The van der Waals surface area contributed by atoms with E-state index in [0.717, 1.165) is 24.5 Å². The normalized spacial score (nSPS) is 12.9. The molecule has 1 unspecified atom stereocenters. The van der Waals surface area contributed by atoms with Gasteiger partial charge < -0.3 is 5.32 Å². The van der Waals surface area contributed by atoms with Crippen LogP contribution in [0.3, 0.4) is 0 Å². The molecule has 0 bridgehead atoms. The van der Waals surface area contributed by atoms with Crippen LogP contribution in [0.25, 0.3) is 0 Å². The molecule has 1 rings (SSSR count). The third kappa shape index (κ3) is 3.97. The number of anilines is 1. The maximum atomic E-state index is 5.96. The lowest BCUT2D eigenvalue weighted by Gasteiger charge is -2.14. The maximum absolute atomic E-state index is 5.96. The molecule has 0 fully saturated rings. The van der Waals surface area contributed by atoms with E-state index in [-0.39, 0.29) is 0 Å². The second-order valence-electron chi connectivity index (χ2n) is 4.42. The van der Waals surface area contributed by atoms with E-state index in [1.165, 1.54) is 0 Å². The number of hydrogen-bond donors (Lipinski definition) is 1. The number of nitrogens with zero attached hydrogens (tertiary/aromatic N) is 2. The average Bonchev–Trinajstić information content (AvgIpc) is 2.16. The van der Waals surface area contributed by atoms with E-state index in [2.05, 4.69) is 43.0 Å². The highest BCUT2D eigenvalue weighted by Crippen LogP contribution is 2.18. The van der Waals surface area contributed by atoms with Gasteiger partial charge in [0.2, 0.25) is 0 Å². The fourth-order valence-electron chi connectivity index (χ4n) is 1.52. The van der Waals surface area contributed by atoms with Crippen molar-refractivity contribution in [1.29, 1.82) is 0 Å². The Hall–Kier alpha value is -0.830. The Bertz CT molecular complexity index is 339. The summed E-state index contributed by atoms with van der Waals surface area (Å²) < 4.78 is 0. The van der Waals surface area contributed by atoms with Gasteiger partial charge in [0, 0.05) is 18.0 Å². The van der Waals surface area contributed by atoms with Crippen molar-refractivity contribution >= 4 is 17.4 Å². The van der Waals surface area contributed by atoms with E-state index < -0.39 is 0 Å². The third-order valence-corrected chi connectivity index (χ3v) is 2.54. The molecule has 3 nitrogen and oxygen atoms in total. The van der Waals surface area contributed by atoms with Crippen LogP contribution in [0.2, 0.25) is 5.15 Å². The van der Waals surface area contributed by atoms with Gasteiger partial charge in [-0.2, -0.15) is 0 Å². The second kappa shape index (κ2) is 6.04. The third-order valence-electron chi connectivity index (χ3n) is 2.34. The average molecular weight is 242 g/mol. The summed E-state index contributed by atoms with van der Waals surface area (Å²) in [5, 5.41) is 3.85. The number of hydrogen-bond acceptors (Lipinski definition) is 3. The van der Waals surface area contributed by atoms with Crippen molar-refractivity contribution < 1.29 is 0 Å². The monoisotopic (exact) mass is 241 g/mol. The molecule has 0 amide bonds. The molecule has 1 N–H and O–H groups in total. The summed E-state index contributed by atoms with van der Waals surface area (Å²) in [6, 6.07) is 2.19. The summed E-state index contributed by atoms with van der Waals surface area (Å²) in [5.74, 6) is 1.91.